The molecule has 0 radical (unpaired) electrons. The van der Waals surface area contributed by atoms with Crippen LogP contribution in [0.4, 0.5) is 0 Å². The van der Waals surface area contributed by atoms with Gasteiger partial charge in [-0.1, -0.05) is 12.1 Å². The number of rotatable bonds is 5. The quantitative estimate of drug-likeness (QED) is 0.821. The van der Waals surface area contributed by atoms with E-state index in [1.54, 1.807) is 14.2 Å². The zero-order valence-electron chi connectivity index (χ0n) is 11.6. The number of hydrogen-bond acceptors (Lipinski definition) is 4. The molecule has 0 bridgehead atoms. The predicted molar refractivity (Wildman–Crippen MR) is 79.7 cm³/mol. The maximum absolute atomic E-state index is 8.20. The maximum Gasteiger partial charge on any atom is 0.118 e. The van der Waals surface area contributed by atoms with Gasteiger partial charge in [0.25, 0.3) is 0 Å². The normalized spacial score (nSPS) is 11.8. The molecule has 20 heavy (non-hydrogen) atoms. The van der Waals surface area contributed by atoms with Crippen molar-refractivity contribution in [1.82, 2.24) is 0 Å². The van der Waals surface area contributed by atoms with Gasteiger partial charge >= 0.3 is 0 Å². The molecule has 0 aliphatic carbocycles. The minimum atomic E-state index is -0.464. The Bertz CT molecular complexity index is 576. The average Bonchev–Trinajstić information content (AvgIpc) is 2.53. The molecule has 2 rings (SSSR count). The molecule has 0 fully saturated rings. The fourth-order valence-corrected chi connectivity index (χ4v) is 1.93. The van der Waals surface area contributed by atoms with Crippen LogP contribution in [0.5, 0.6) is 11.5 Å². The van der Waals surface area contributed by atoms with Gasteiger partial charge in [0.05, 0.1) is 26.0 Å². The Balaban J connectivity index is 2.17. The first-order chi connectivity index (χ1) is 9.65. The Morgan fingerprint density at radius 2 is 1.35 bits per heavy atom. The third-order valence-corrected chi connectivity index (χ3v) is 3.19. The largest absolute Gasteiger partial charge is 0.497 e. The molecular formula is C16H18N2O2. The SMILES string of the molecule is COc1ccc(C(=N)C(N)c2ccc(OC)cc2)cc1. The van der Waals surface area contributed by atoms with Gasteiger partial charge in [0.1, 0.15) is 11.5 Å². The summed E-state index contributed by atoms with van der Waals surface area (Å²) in [6, 6.07) is 14.3. The second-order valence-corrected chi connectivity index (χ2v) is 4.39. The highest BCUT2D eigenvalue weighted by molar-refractivity contribution is 6.02. The molecule has 0 amide bonds. The van der Waals surface area contributed by atoms with Crippen LogP contribution in [0.1, 0.15) is 17.2 Å². The van der Waals surface area contributed by atoms with E-state index in [4.69, 9.17) is 20.6 Å². The topological polar surface area (TPSA) is 68.3 Å². The van der Waals surface area contributed by atoms with Gasteiger partial charge in [-0.3, -0.25) is 0 Å². The van der Waals surface area contributed by atoms with E-state index in [2.05, 4.69) is 0 Å². The summed E-state index contributed by atoms with van der Waals surface area (Å²) in [7, 11) is 3.23. The van der Waals surface area contributed by atoms with Crippen LogP contribution < -0.4 is 15.2 Å². The van der Waals surface area contributed by atoms with Crippen LogP contribution >= 0.6 is 0 Å². The van der Waals surface area contributed by atoms with Gasteiger partial charge in [-0.05, 0) is 47.5 Å². The van der Waals surface area contributed by atoms with Crippen molar-refractivity contribution < 1.29 is 9.47 Å². The van der Waals surface area contributed by atoms with Crippen molar-refractivity contribution >= 4 is 5.71 Å². The minimum Gasteiger partial charge on any atom is -0.497 e. The summed E-state index contributed by atoms with van der Waals surface area (Å²) >= 11 is 0. The molecule has 0 saturated carbocycles. The molecule has 0 heterocycles. The maximum atomic E-state index is 8.20. The van der Waals surface area contributed by atoms with Crippen LogP contribution in [0, 0.1) is 5.41 Å². The summed E-state index contributed by atoms with van der Waals surface area (Å²) < 4.78 is 10.2. The van der Waals surface area contributed by atoms with Crippen molar-refractivity contribution in [2.75, 3.05) is 14.2 Å². The lowest BCUT2D eigenvalue weighted by molar-refractivity contribution is 0.414. The van der Waals surface area contributed by atoms with E-state index in [0.29, 0.717) is 5.71 Å². The minimum absolute atomic E-state index is 0.373. The first-order valence-corrected chi connectivity index (χ1v) is 6.28. The van der Waals surface area contributed by atoms with E-state index in [1.165, 1.54) is 0 Å². The van der Waals surface area contributed by atoms with Gasteiger partial charge in [0.2, 0.25) is 0 Å². The second-order valence-electron chi connectivity index (χ2n) is 4.39. The molecule has 0 spiro atoms. The third-order valence-electron chi connectivity index (χ3n) is 3.19. The Morgan fingerprint density at radius 1 is 0.900 bits per heavy atom. The van der Waals surface area contributed by atoms with Gasteiger partial charge in [0, 0.05) is 0 Å². The average molecular weight is 270 g/mol. The number of nitrogens with one attached hydrogen (secondary N) is 1. The van der Waals surface area contributed by atoms with Crippen LogP contribution in [-0.4, -0.2) is 19.9 Å². The molecule has 1 unspecified atom stereocenters. The molecule has 2 aromatic carbocycles. The fraction of sp³-hybridized carbons (Fsp3) is 0.188. The zero-order chi connectivity index (χ0) is 14.5. The predicted octanol–water partition coefficient (Wildman–Crippen LogP) is 2.77. The smallest absolute Gasteiger partial charge is 0.118 e. The van der Waals surface area contributed by atoms with E-state index < -0.39 is 6.04 Å². The molecule has 104 valence electrons. The summed E-state index contributed by atoms with van der Waals surface area (Å²) in [5, 5.41) is 8.20. The Hall–Kier alpha value is -2.33. The molecule has 1 atom stereocenters. The molecule has 0 saturated heterocycles. The summed E-state index contributed by atoms with van der Waals surface area (Å²) in [6.45, 7) is 0. The summed E-state index contributed by atoms with van der Waals surface area (Å²) in [4.78, 5) is 0. The molecule has 0 aliphatic rings. The van der Waals surface area contributed by atoms with E-state index in [0.717, 1.165) is 22.6 Å². The monoisotopic (exact) mass is 270 g/mol. The zero-order valence-corrected chi connectivity index (χ0v) is 11.6. The van der Waals surface area contributed by atoms with Crippen LogP contribution in [-0.2, 0) is 0 Å². The Labute approximate surface area is 118 Å². The number of nitrogens with two attached hydrogens (primary N) is 1. The number of benzene rings is 2. The number of hydrogen-bond donors (Lipinski definition) is 2. The standard InChI is InChI=1S/C16H18N2O2/c1-19-13-7-3-11(4-8-13)15(17)16(18)12-5-9-14(20-2)10-6-12/h3-10,15,18H,17H2,1-2H3. The van der Waals surface area contributed by atoms with Gasteiger partial charge < -0.3 is 20.6 Å². The second kappa shape index (κ2) is 6.21. The van der Waals surface area contributed by atoms with E-state index >= 15 is 0 Å². The third kappa shape index (κ3) is 2.97. The Kier molecular flexibility index (Phi) is 4.38. The van der Waals surface area contributed by atoms with Crippen LogP contribution in [0.15, 0.2) is 48.5 Å². The number of methoxy groups -OCH3 is 2. The number of ether oxygens (including phenoxy) is 2. The molecule has 2 aromatic rings. The summed E-state index contributed by atoms with van der Waals surface area (Å²) in [6.07, 6.45) is 0. The van der Waals surface area contributed by atoms with E-state index in [1.807, 2.05) is 48.5 Å². The molecule has 3 N–H and O–H groups in total. The van der Waals surface area contributed by atoms with E-state index in [9.17, 15) is 0 Å². The molecule has 4 nitrogen and oxygen atoms in total. The van der Waals surface area contributed by atoms with Crippen LogP contribution in [0.25, 0.3) is 0 Å². The molecular weight excluding hydrogens is 252 g/mol. The van der Waals surface area contributed by atoms with Gasteiger partial charge in [0.15, 0.2) is 0 Å². The highest BCUT2D eigenvalue weighted by atomic mass is 16.5. The van der Waals surface area contributed by atoms with Crippen molar-refractivity contribution in [3.8, 4) is 11.5 Å². The first kappa shape index (κ1) is 14.1. The summed E-state index contributed by atoms with van der Waals surface area (Å²) in [5.74, 6) is 1.54. The fourth-order valence-electron chi connectivity index (χ4n) is 1.93. The Morgan fingerprint density at radius 3 is 1.80 bits per heavy atom. The van der Waals surface area contributed by atoms with Crippen molar-refractivity contribution in [2.24, 2.45) is 5.73 Å². The van der Waals surface area contributed by atoms with Crippen molar-refractivity contribution in [3.63, 3.8) is 0 Å². The highest BCUT2D eigenvalue weighted by Gasteiger charge is 2.14. The van der Waals surface area contributed by atoms with Crippen LogP contribution in [0.3, 0.4) is 0 Å². The van der Waals surface area contributed by atoms with Gasteiger partial charge in [-0.2, -0.15) is 0 Å². The van der Waals surface area contributed by atoms with Crippen LogP contribution in [0.2, 0.25) is 0 Å². The lowest BCUT2D eigenvalue weighted by Crippen LogP contribution is -2.21. The van der Waals surface area contributed by atoms with Crippen molar-refractivity contribution in [1.29, 1.82) is 5.41 Å². The molecule has 0 aromatic heterocycles. The van der Waals surface area contributed by atoms with Crippen molar-refractivity contribution in [2.45, 2.75) is 6.04 Å². The highest BCUT2D eigenvalue weighted by Crippen LogP contribution is 2.20. The first-order valence-electron chi connectivity index (χ1n) is 6.28. The van der Waals surface area contributed by atoms with Gasteiger partial charge in [-0.15, -0.1) is 0 Å². The lowest BCUT2D eigenvalue weighted by Gasteiger charge is -2.14. The lowest BCUT2D eigenvalue weighted by atomic mass is 9.97. The van der Waals surface area contributed by atoms with Crippen molar-refractivity contribution in [3.05, 3.63) is 59.7 Å². The molecule has 4 heteroatoms. The molecule has 0 aliphatic heterocycles. The van der Waals surface area contributed by atoms with E-state index in [-0.39, 0.29) is 0 Å². The summed E-state index contributed by atoms with van der Waals surface area (Å²) in [5.41, 5.74) is 8.18. The van der Waals surface area contributed by atoms with Gasteiger partial charge in [-0.25, -0.2) is 0 Å².